The summed E-state index contributed by atoms with van der Waals surface area (Å²) < 4.78 is 17.4. The first-order valence-corrected chi connectivity index (χ1v) is 12.1. The summed E-state index contributed by atoms with van der Waals surface area (Å²) in [6.45, 7) is 3.71. The van der Waals surface area contributed by atoms with Gasteiger partial charge in [-0.25, -0.2) is 9.35 Å². The third kappa shape index (κ3) is 6.54. The lowest BCUT2D eigenvalue weighted by atomic mass is 10.00. The lowest BCUT2D eigenvalue weighted by Crippen LogP contribution is -2.33. The number of amides is 2. The van der Waals surface area contributed by atoms with Crippen molar-refractivity contribution in [3.63, 3.8) is 0 Å². The van der Waals surface area contributed by atoms with Crippen LogP contribution in [0.1, 0.15) is 25.2 Å². The summed E-state index contributed by atoms with van der Waals surface area (Å²) in [6, 6.07) is 19.9. The first kappa shape index (κ1) is 25.6. The fourth-order valence-electron chi connectivity index (χ4n) is 3.37. The van der Waals surface area contributed by atoms with Crippen LogP contribution in [0.25, 0.3) is 17.4 Å². The number of benzene rings is 2. The van der Waals surface area contributed by atoms with E-state index in [9.17, 15) is 13.8 Å². The number of nitrogens with zero attached hydrogens (tertiary/aromatic N) is 1. The van der Waals surface area contributed by atoms with Crippen molar-refractivity contribution >= 4 is 29.4 Å². The Morgan fingerprint density at radius 3 is 2.37 bits per heavy atom. The number of rotatable bonds is 9. The number of furan rings is 1. The van der Waals surface area contributed by atoms with Gasteiger partial charge in [0.15, 0.2) is 0 Å². The van der Waals surface area contributed by atoms with E-state index in [4.69, 9.17) is 16.0 Å². The molecule has 0 aliphatic carbocycles. The highest BCUT2D eigenvalue weighted by atomic mass is 32.2. The number of allylic oxidation sites excluding steroid dienone is 1. The quantitative estimate of drug-likeness (QED) is 0.208. The molecule has 1 atom stereocenters. The second-order valence-corrected chi connectivity index (χ2v) is 8.88. The summed E-state index contributed by atoms with van der Waals surface area (Å²) in [5.74, 6) is 3.08. The van der Waals surface area contributed by atoms with Crippen molar-refractivity contribution in [3.8, 4) is 23.7 Å². The third-order valence-corrected chi connectivity index (χ3v) is 6.31. The minimum atomic E-state index is -1.56. The highest BCUT2D eigenvalue weighted by Crippen LogP contribution is 2.26. The van der Waals surface area contributed by atoms with Crippen LogP contribution in [0.3, 0.4) is 0 Å². The van der Waals surface area contributed by atoms with Gasteiger partial charge in [0.2, 0.25) is 6.41 Å². The first-order chi connectivity index (χ1) is 16.8. The van der Waals surface area contributed by atoms with E-state index in [0.29, 0.717) is 40.4 Å². The van der Waals surface area contributed by atoms with Crippen LogP contribution < -0.4 is 5.14 Å². The fraction of sp³-hybridized carbons (Fsp3) is 0.143. The molecule has 2 amide bonds. The zero-order valence-corrected chi connectivity index (χ0v) is 20.4. The Labute approximate surface area is 207 Å². The van der Waals surface area contributed by atoms with Gasteiger partial charge < -0.3 is 4.42 Å². The lowest BCUT2D eigenvalue weighted by molar-refractivity contribution is -0.134. The molecule has 0 saturated heterocycles. The number of carbonyl (C=O) groups is 2. The van der Waals surface area contributed by atoms with Crippen molar-refractivity contribution in [1.29, 1.82) is 0 Å². The molecule has 7 heteroatoms. The van der Waals surface area contributed by atoms with E-state index in [1.165, 1.54) is 0 Å². The molecular weight excluding hydrogens is 460 g/mol. The van der Waals surface area contributed by atoms with Gasteiger partial charge in [-0.1, -0.05) is 36.3 Å². The maximum Gasteiger partial charge on any atom is 0.260 e. The molecule has 3 rings (SSSR count). The smallest absolute Gasteiger partial charge is 0.260 e. The second-order valence-electron chi connectivity index (χ2n) is 7.82. The molecule has 0 bridgehead atoms. The van der Waals surface area contributed by atoms with Gasteiger partial charge >= 0.3 is 0 Å². The molecule has 2 aromatic carbocycles. The number of terminal acetylenes is 1. The monoisotopic (exact) mass is 486 g/mol. The molecular formula is C28H26N2O4S. The molecule has 0 aliphatic heterocycles. The predicted molar refractivity (Wildman–Crippen MR) is 138 cm³/mol. The minimum absolute atomic E-state index is 0.227. The predicted octanol–water partition coefficient (Wildman–Crippen LogP) is 4.51. The molecule has 178 valence electrons. The third-order valence-electron chi connectivity index (χ3n) is 5.57. The number of imide groups is 1. The summed E-state index contributed by atoms with van der Waals surface area (Å²) in [6.07, 6.45) is 8.23. The molecule has 0 radical (unpaired) electrons. The molecule has 35 heavy (non-hydrogen) atoms. The zero-order chi connectivity index (χ0) is 25.4. The zero-order valence-electron chi connectivity index (χ0n) is 19.6. The molecule has 6 nitrogen and oxygen atoms in total. The summed E-state index contributed by atoms with van der Waals surface area (Å²) >= 11 is 0. The normalized spacial score (nSPS) is 12.9. The standard InChI is InChI=1S/C28H26N2O4S/c1-4-20(2)21(3)26(28(32)30(19-31)17-16-22-8-6-5-7-9-22)18-24-12-15-27(34-24)23-10-13-25(14-11-23)35(29)33/h1,5-15,18-19H,16-17,29H2,2-3H3/b21-20+,26-18+. The van der Waals surface area contributed by atoms with E-state index in [2.05, 4.69) is 5.92 Å². The molecule has 1 unspecified atom stereocenters. The van der Waals surface area contributed by atoms with Crippen molar-refractivity contribution in [1.82, 2.24) is 4.90 Å². The van der Waals surface area contributed by atoms with Crippen LogP contribution in [0, 0.1) is 12.3 Å². The molecule has 0 fully saturated rings. The molecule has 0 saturated carbocycles. The number of carbonyl (C=O) groups excluding carboxylic acids is 2. The van der Waals surface area contributed by atoms with Gasteiger partial charge in [0.05, 0.1) is 4.90 Å². The van der Waals surface area contributed by atoms with Gasteiger partial charge in [0, 0.05) is 23.3 Å². The summed E-state index contributed by atoms with van der Waals surface area (Å²) in [7, 11) is -1.56. The Morgan fingerprint density at radius 2 is 1.77 bits per heavy atom. The van der Waals surface area contributed by atoms with Gasteiger partial charge in [-0.2, -0.15) is 0 Å². The number of hydrogen-bond donors (Lipinski definition) is 1. The SMILES string of the molecule is C#C/C(C)=C(C)/C(=C\c1ccc(-c2ccc(S(N)=O)cc2)o1)C(=O)N(C=O)CCc1ccccc1. The van der Waals surface area contributed by atoms with Crippen LogP contribution in [-0.4, -0.2) is 28.0 Å². The summed E-state index contributed by atoms with van der Waals surface area (Å²) in [4.78, 5) is 26.8. The number of hydrogen-bond acceptors (Lipinski definition) is 4. The van der Waals surface area contributed by atoms with Crippen LogP contribution in [0.4, 0.5) is 0 Å². The Kier molecular flexibility index (Phi) is 8.74. The molecule has 1 aromatic heterocycles. The Balaban J connectivity index is 1.91. The molecule has 1 heterocycles. The van der Waals surface area contributed by atoms with E-state index in [0.717, 1.165) is 16.0 Å². The van der Waals surface area contributed by atoms with Crippen LogP contribution in [0.2, 0.25) is 0 Å². The van der Waals surface area contributed by atoms with E-state index in [1.54, 1.807) is 56.3 Å². The average Bonchev–Trinajstić information content (AvgIpc) is 3.36. The van der Waals surface area contributed by atoms with E-state index < -0.39 is 16.9 Å². The van der Waals surface area contributed by atoms with Gasteiger partial charge in [-0.05, 0) is 73.9 Å². The van der Waals surface area contributed by atoms with Gasteiger partial charge in [0.1, 0.15) is 22.5 Å². The fourth-order valence-corrected chi connectivity index (χ4v) is 3.78. The largest absolute Gasteiger partial charge is 0.457 e. The number of nitrogens with two attached hydrogens (primary N) is 1. The first-order valence-electron chi connectivity index (χ1n) is 10.9. The molecule has 0 spiro atoms. The van der Waals surface area contributed by atoms with Gasteiger partial charge in [0.25, 0.3) is 5.91 Å². The maximum atomic E-state index is 13.4. The minimum Gasteiger partial charge on any atom is -0.457 e. The van der Waals surface area contributed by atoms with Crippen LogP contribution in [-0.2, 0) is 27.0 Å². The van der Waals surface area contributed by atoms with Crippen molar-refractivity contribution < 1.29 is 18.2 Å². The van der Waals surface area contributed by atoms with E-state index in [-0.39, 0.29) is 12.1 Å². The summed E-state index contributed by atoms with van der Waals surface area (Å²) in [5, 5.41) is 5.41. The average molecular weight is 487 g/mol. The van der Waals surface area contributed by atoms with Gasteiger partial charge in [-0.15, -0.1) is 6.42 Å². The lowest BCUT2D eigenvalue weighted by Gasteiger charge is -2.18. The van der Waals surface area contributed by atoms with Crippen molar-refractivity contribution in [2.24, 2.45) is 5.14 Å². The highest BCUT2D eigenvalue weighted by Gasteiger charge is 2.21. The van der Waals surface area contributed by atoms with Crippen molar-refractivity contribution in [2.45, 2.75) is 25.2 Å². The van der Waals surface area contributed by atoms with E-state index >= 15 is 0 Å². The molecule has 0 aliphatic rings. The van der Waals surface area contributed by atoms with Crippen LogP contribution >= 0.6 is 0 Å². The van der Waals surface area contributed by atoms with Crippen molar-refractivity contribution in [2.75, 3.05) is 6.54 Å². The van der Waals surface area contributed by atoms with Gasteiger partial charge in [-0.3, -0.25) is 14.5 Å². The highest BCUT2D eigenvalue weighted by molar-refractivity contribution is 7.82. The molecule has 3 aromatic rings. The maximum absolute atomic E-state index is 13.4. The van der Waals surface area contributed by atoms with Crippen molar-refractivity contribution in [3.05, 3.63) is 94.8 Å². The van der Waals surface area contributed by atoms with E-state index in [1.807, 2.05) is 30.3 Å². The Hall–Kier alpha value is -3.99. The summed E-state index contributed by atoms with van der Waals surface area (Å²) in [5.41, 5.74) is 3.21. The Bertz CT molecular complexity index is 1330. The topological polar surface area (TPSA) is 93.6 Å². The van der Waals surface area contributed by atoms with Crippen LogP contribution in [0.15, 0.2) is 92.8 Å². The Morgan fingerprint density at radius 1 is 1.09 bits per heavy atom. The van der Waals surface area contributed by atoms with Crippen LogP contribution in [0.5, 0.6) is 0 Å². The second kappa shape index (κ2) is 11.9. The molecule has 2 N–H and O–H groups in total.